The molecule has 0 bridgehead atoms. The molecule has 6 heteroatoms. The molecule has 0 unspecified atom stereocenters. The number of hydrogen-bond acceptors (Lipinski definition) is 3. The van der Waals surface area contributed by atoms with Crippen molar-refractivity contribution in [1.82, 2.24) is 5.32 Å². The molecule has 1 saturated carbocycles. The van der Waals surface area contributed by atoms with Gasteiger partial charge in [0, 0.05) is 30.4 Å². The van der Waals surface area contributed by atoms with Gasteiger partial charge in [-0.15, -0.1) is 11.3 Å². The Morgan fingerprint density at radius 2 is 1.74 bits per heavy atom. The summed E-state index contributed by atoms with van der Waals surface area (Å²) in [7, 11) is 0. The molecule has 2 fully saturated rings. The molecule has 1 saturated heterocycles. The highest BCUT2D eigenvalue weighted by Gasteiger charge is 2.33. The van der Waals surface area contributed by atoms with Gasteiger partial charge in [0.25, 0.3) is 0 Å². The molecule has 165 valence electrons. The van der Waals surface area contributed by atoms with Gasteiger partial charge in [-0.1, -0.05) is 37.3 Å². The number of aromatic carboxylic acids is 1. The van der Waals surface area contributed by atoms with E-state index in [9.17, 15) is 14.7 Å². The summed E-state index contributed by atoms with van der Waals surface area (Å²) in [5, 5.41) is 14.4. The lowest BCUT2D eigenvalue weighted by molar-refractivity contribution is -0.123. The van der Waals surface area contributed by atoms with E-state index < -0.39 is 5.97 Å². The number of hydrogen-bond donors (Lipinski definition) is 1. The van der Waals surface area contributed by atoms with Crippen LogP contribution in [0, 0.1) is 17.8 Å². The lowest BCUT2D eigenvalue weighted by Crippen LogP contribution is -2.42. The highest BCUT2D eigenvalue weighted by atomic mass is 32.1. The molecule has 2 aliphatic rings. The van der Waals surface area contributed by atoms with Gasteiger partial charge in [0.2, 0.25) is 5.91 Å². The average Bonchev–Trinajstić information content (AvgIpc) is 3.24. The van der Waals surface area contributed by atoms with Gasteiger partial charge in [-0.2, -0.15) is 0 Å². The van der Waals surface area contributed by atoms with E-state index in [0.717, 1.165) is 62.1 Å². The van der Waals surface area contributed by atoms with Crippen LogP contribution in [0.4, 0.5) is 5.69 Å². The smallest absolute Gasteiger partial charge is 0.348 e. The SMILES string of the molecule is CC1CCC(C(=O)N(CC2CC[N]CC2)c2cc(-c3ccccc3)sc2C(=O)O)CC1. The number of rotatable bonds is 6. The Morgan fingerprint density at radius 3 is 2.39 bits per heavy atom. The van der Waals surface area contributed by atoms with Crippen LogP contribution in [-0.4, -0.2) is 36.6 Å². The third-order valence-electron chi connectivity index (χ3n) is 6.72. The Kier molecular flexibility index (Phi) is 7.08. The summed E-state index contributed by atoms with van der Waals surface area (Å²) >= 11 is 1.26. The number of amides is 1. The number of carboxylic acids is 1. The molecule has 4 rings (SSSR count). The van der Waals surface area contributed by atoms with E-state index in [-0.39, 0.29) is 16.7 Å². The van der Waals surface area contributed by atoms with E-state index in [2.05, 4.69) is 12.2 Å². The first-order chi connectivity index (χ1) is 15.0. The first-order valence-electron chi connectivity index (χ1n) is 11.4. The molecule has 1 aliphatic carbocycles. The fourth-order valence-electron chi connectivity index (χ4n) is 4.76. The van der Waals surface area contributed by atoms with E-state index >= 15 is 0 Å². The van der Waals surface area contributed by atoms with E-state index in [0.29, 0.717) is 24.1 Å². The Labute approximate surface area is 188 Å². The van der Waals surface area contributed by atoms with Gasteiger partial charge in [0.15, 0.2) is 0 Å². The molecule has 0 spiro atoms. The van der Waals surface area contributed by atoms with Crippen molar-refractivity contribution in [2.24, 2.45) is 17.8 Å². The molecule has 1 N–H and O–H groups in total. The minimum atomic E-state index is -0.962. The van der Waals surface area contributed by atoms with Crippen molar-refractivity contribution in [3.05, 3.63) is 41.3 Å². The van der Waals surface area contributed by atoms with Gasteiger partial charge < -0.3 is 10.0 Å². The summed E-state index contributed by atoms with van der Waals surface area (Å²) in [6.07, 6.45) is 5.85. The zero-order chi connectivity index (χ0) is 21.8. The van der Waals surface area contributed by atoms with Crippen LogP contribution in [-0.2, 0) is 4.79 Å². The molecular weight excluding hydrogens is 408 g/mol. The molecule has 31 heavy (non-hydrogen) atoms. The molecular formula is C25H31N2O3S. The van der Waals surface area contributed by atoms with Crippen LogP contribution in [0.25, 0.3) is 10.4 Å². The van der Waals surface area contributed by atoms with Gasteiger partial charge >= 0.3 is 5.97 Å². The van der Waals surface area contributed by atoms with E-state index in [4.69, 9.17) is 0 Å². The van der Waals surface area contributed by atoms with Gasteiger partial charge in [0.1, 0.15) is 4.88 Å². The fourth-order valence-corrected chi connectivity index (χ4v) is 5.76. The second-order valence-electron chi connectivity index (χ2n) is 9.02. The third-order valence-corrected chi connectivity index (χ3v) is 7.88. The van der Waals surface area contributed by atoms with E-state index in [1.165, 1.54) is 11.3 Å². The normalized spacial score (nSPS) is 22.2. The Balaban J connectivity index is 1.68. The van der Waals surface area contributed by atoms with Crippen LogP contribution in [0.1, 0.15) is 55.1 Å². The van der Waals surface area contributed by atoms with Crippen LogP contribution in [0.3, 0.4) is 0 Å². The number of anilines is 1. The number of benzene rings is 1. The molecule has 0 atom stereocenters. The molecule has 1 aromatic heterocycles. The maximum absolute atomic E-state index is 13.7. The van der Waals surface area contributed by atoms with Crippen molar-refractivity contribution in [1.29, 1.82) is 0 Å². The summed E-state index contributed by atoms with van der Waals surface area (Å²) in [5.74, 6) is 0.167. The lowest BCUT2D eigenvalue weighted by Gasteiger charge is -2.34. The highest BCUT2D eigenvalue weighted by Crippen LogP contribution is 2.39. The highest BCUT2D eigenvalue weighted by molar-refractivity contribution is 7.18. The zero-order valence-electron chi connectivity index (χ0n) is 18.1. The van der Waals surface area contributed by atoms with E-state index in [1.807, 2.05) is 41.3 Å². The monoisotopic (exact) mass is 439 g/mol. The molecule has 1 aliphatic heterocycles. The van der Waals surface area contributed by atoms with Gasteiger partial charge in [0.05, 0.1) is 5.69 Å². The maximum Gasteiger partial charge on any atom is 0.348 e. The number of carboxylic acid groups (broad SMARTS) is 1. The minimum absolute atomic E-state index is 0.00815. The number of carbonyl (C=O) groups is 2. The second-order valence-corrected chi connectivity index (χ2v) is 10.1. The number of carbonyl (C=O) groups excluding carboxylic acids is 1. The van der Waals surface area contributed by atoms with Crippen LogP contribution in [0.15, 0.2) is 36.4 Å². The molecule has 2 heterocycles. The maximum atomic E-state index is 13.7. The molecule has 2 aromatic rings. The lowest BCUT2D eigenvalue weighted by atomic mass is 9.82. The predicted molar refractivity (Wildman–Crippen MR) is 125 cm³/mol. The molecule has 1 radical (unpaired) electrons. The first kappa shape index (κ1) is 22.0. The Morgan fingerprint density at radius 1 is 1.06 bits per heavy atom. The van der Waals surface area contributed by atoms with Crippen molar-refractivity contribution in [2.75, 3.05) is 24.5 Å². The third kappa shape index (κ3) is 5.18. The van der Waals surface area contributed by atoms with E-state index in [1.54, 1.807) is 0 Å². The summed E-state index contributed by atoms with van der Waals surface area (Å²) in [4.78, 5) is 28.9. The van der Waals surface area contributed by atoms with Crippen molar-refractivity contribution < 1.29 is 14.7 Å². The summed E-state index contributed by atoms with van der Waals surface area (Å²) < 4.78 is 0. The van der Waals surface area contributed by atoms with Crippen molar-refractivity contribution in [3.8, 4) is 10.4 Å². The fraction of sp³-hybridized carbons (Fsp3) is 0.520. The van der Waals surface area contributed by atoms with Crippen LogP contribution in [0.5, 0.6) is 0 Å². The molecule has 5 nitrogen and oxygen atoms in total. The van der Waals surface area contributed by atoms with Gasteiger partial charge in [-0.25, -0.2) is 10.1 Å². The topological polar surface area (TPSA) is 71.7 Å². The standard InChI is InChI=1S/C25H31N2O3S/c1-17-7-9-20(10-8-17)24(28)27(16-18-11-13-26-14-12-18)21-15-22(31-23(21)25(29)30)19-5-3-2-4-6-19/h2-6,15,17-18,20H,7-14,16H2,1H3,(H,29,30). The number of nitrogens with zero attached hydrogens (tertiary/aromatic N) is 2. The number of piperidine rings is 1. The van der Waals surface area contributed by atoms with Gasteiger partial charge in [-0.05, 0) is 62.0 Å². The average molecular weight is 440 g/mol. The van der Waals surface area contributed by atoms with Crippen molar-refractivity contribution in [2.45, 2.75) is 45.4 Å². The first-order valence-corrected chi connectivity index (χ1v) is 12.2. The zero-order valence-corrected chi connectivity index (χ0v) is 18.9. The quantitative estimate of drug-likeness (QED) is 0.665. The minimum Gasteiger partial charge on any atom is -0.477 e. The summed E-state index contributed by atoms with van der Waals surface area (Å²) in [6, 6.07) is 11.7. The Hall–Kier alpha value is -2.18. The van der Waals surface area contributed by atoms with Crippen molar-refractivity contribution in [3.63, 3.8) is 0 Å². The predicted octanol–water partition coefficient (Wildman–Crippen LogP) is 5.29. The summed E-state index contributed by atoms with van der Waals surface area (Å²) in [6.45, 7) is 4.50. The summed E-state index contributed by atoms with van der Waals surface area (Å²) in [5.41, 5.74) is 1.55. The van der Waals surface area contributed by atoms with Crippen molar-refractivity contribution >= 4 is 28.9 Å². The van der Waals surface area contributed by atoms with Crippen LogP contribution < -0.4 is 10.2 Å². The Bertz CT molecular complexity index is 897. The second kappa shape index (κ2) is 9.96. The number of thiophene rings is 1. The molecule has 1 aromatic carbocycles. The van der Waals surface area contributed by atoms with Crippen LogP contribution >= 0.6 is 11.3 Å². The van der Waals surface area contributed by atoms with Crippen LogP contribution in [0.2, 0.25) is 0 Å². The largest absolute Gasteiger partial charge is 0.477 e. The van der Waals surface area contributed by atoms with Gasteiger partial charge in [-0.3, -0.25) is 4.79 Å². The molecule has 1 amide bonds.